The highest BCUT2D eigenvalue weighted by molar-refractivity contribution is 8.18. The van der Waals surface area contributed by atoms with Crippen molar-refractivity contribution in [2.75, 3.05) is 18.1 Å². The SMILES string of the molecule is CCOC(=O)C1CCC2(CC1)SCCCS2. The predicted molar refractivity (Wildman–Crippen MR) is 70.9 cm³/mol. The quantitative estimate of drug-likeness (QED) is 0.712. The molecule has 4 heteroatoms. The van der Waals surface area contributed by atoms with Crippen LogP contribution in [-0.2, 0) is 9.53 Å². The lowest BCUT2D eigenvalue weighted by molar-refractivity contribution is -0.149. The fourth-order valence-corrected chi connectivity index (χ4v) is 5.85. The normalized spacial score (nSPS) is 25.6. The van der Waals surface area contributed by atoms with Crippen molar-refractivity contribution >= 4 is 29.5 Å². The van der Waals surface area contributed by atoms with Gasteiger partial charge in [0.1, 0.15) is 0 Å². The van der Waals surface area contributed by atoms with Crippen molar-refractivity contribution in [2.45, 2.75) is 43.1 Å². The Morgan fingerprint density at radius 3 is 2.50 bits per heavy atom. The minimum Gasteiger partial charge on any atom is -0.466 e. The number of thioether (sulfide) groups is 2. The molecule has 0 N–H and O–H groups in total. The van der Waals surface area contributed by atoms with E-state index in [2.05, 4.69) is 23.5 Å². The number of rotatable bonds is 2. The number of ether oxygens (including phenoxy) is 1. The Labute approximate surface area is 106 Å². The van der Waals surface area contributed by atoms with E-state index in [1.165, 1.54) is 30.8 Å². The lowest BCUT2D eigenvalue weighted by Gasteiger charge is -2.41. The van der Waals surface area contributed by atoms with Crippen LogP contribution in [0.3, 0.4) is 0 Å². The molecule has 0 radical (unpaired) electrons. The second-order valence-electron chi connectivity index (χ2n) is 4.49. The molecule has 2 aliphatic rings. The molecule has 0 aromatic rings. The highest BCUT2D eigenvalue weighted by Crippen LogP contribution is 2.52. The summed E-state index contributed by atoms with van der Waals surface area (Å²) in [6, 6.07) is 0. The highest BCUT2D eigenvalue weighted by Gasteiger charge is 2.39. The van der Waals surface area contributed by atoms with Gasteiger partial charge in [-0.2, -0.15) is 0 Å². The van der Waals surface area contributed by atoms with E-state index < -0.39 is 0 Å². The predicted octanol–water partition coefficient (Wildman–Crippen LogP) is 3.31. The molecule has 0 amide bonds. The summed E-state index contributed by atoms with van der Waals surface area (Å²) in [6.07, 6.45) is 5.77. The van der Waals surface area contributed by atoms with Gasteiger partial charge in [-0.15, -0.1) is 23.5 Å². The van der Waals surface area contributed by atoms with Crippen molar-refractivity contribution in [3.05, 3.63) is 0 Å². The number of carbonyl (C=O) groups excluding carboxylic acids is 1. The lowest BCUT2D eigenvalue weighted by Crippen LogP contribution is -2.33. The Morgan fingerprint density at radius 1 is 1.31 bits per heavy atom. The molecule has 1 aliphatic heterocycles. The van der Waals surface area contributed by atoms with Crippen LogP contribution >= 0.6 is 23.5 Å². The molecule has 2 fully saturated rings. The van der Waals surface area contributed by atoms with E-state index in [9.17, 15) is 4.79 Å². The summed E-state index contributed by atoms with van der Waals surface area (Å²) in [6.45, 7) is 2.40. The maximum absolute atomic E-state index is 11.6. The van der Waals surface area contributed by atoms with Crippen molar-refractivity contribution < 1.29 is 9.53 Å². The molecular formula is C12H20O2S2. The van der Waals surface area contributed by atoms with Crippen LogP contribution in [0.4, 0.5) is 0 Å². The molecule has 0 bridgehead atoms. The maximum atomic E-state index is 11.6. The lowest BCUT2D eigenvalue weighted by atomic mass is 9.88. The van der Waals surface area contributed by atoms with Crippen molar-refractivity contribution in [1.29, 1.82) is 0 Å². The first-order valence-electron chi connectivity index (χ1n) is 6.20. The average Bonchev–Trinajstić information content (AvgIpc) is 2.31. The summed E-state index contributed by atoms with van der Waals surface area (Å²) >= 11 is 4.25. The van der Waals surface area contributed by atoms with Gasteiger partial charge in [0.05, 0.1) is 16.6 Å². The van der Waals surface area contributed by atoms with Crippen LogP contribution in [0.5, 0.6) is 0 Å². The molecule has 1 aliphatic carbocycles. The van der Waals surface area contributed by atoms with E-state index in [1.54, 1.807) is 0 Å². The molecule has 1 heterocycles. The third kappa shape index (κ3) is 2.89. The molecule has 1 saturated heterocycles. The fraction of sp³-hybridized carbons (Fsp3) is 0.917. The summed E-state index contributed by atoms with van der Waals surface area (Å²) in [5, 5.41) is 0. The summed E-state index contributed by atoms with van der Waals surface area (Å²) < 4.78 is 5.55. The Balaban J connectivity index is 1.83. The van der Waals surface area contributed by atoms with Crippen LogP contribution in [0.1, 0.15) is 39.0 Å². The van der Waals surface area contributed by atoms with Crippen LogP contribution in [0.25, 0.3) is 0 Å². The summed E-state index contributed by atoms with van der Waals surface area (Å²) in [5.74, 6) is 2.81. The largest absolute Gasteiger partial charge is 0.466 e. The monoisotopic (exact) mass is 260 g/mol. The van der Waals surface area contributed by atoms with E-state index in [-0.39, 0.29) is 11.9 Å². The third-order valence-electron chi connectivity index (χ3n) is 3.39. The fourth-order valence-electron chi connectivity index (χ4n) is 2.46. The minimum atomic E-state index is 0.0307. The number of hydrogen-bond donors (Lipinski definition) is 0. The van der Waals surface area contributed by atoms with Crippen LogP contribution in [0.2, 0.25) is 0 Å². The van der Waals surface area contributed by atoms with Crippen LogP contribution in [0, 0.1) is 5.92 Å². The van der Waals surface area contributed by atoms with Gasteiger partial charge in [-0.05, 0) is 50.5 Å². The van der Waals surface area contributed by atoms with Gasteiger partial charge in [0.25, 0.3) is 0 Å². The van der Waals surface area contributed by atoms with E-state index in [4.69, 9.17) is 4.74 Å². The van der Waals surface area contributed by atoms with Crippen LogP contribution in [-0.4, -0.2) is 28.2 Å². The van der Waals surface area contributed by atoms with Gasteiger partial charge in [-0.25, -0.2) is 0 Å². The van der Waals surface area contributed by atoms with E-state index in [0.29, 0.717) is 10.7 Å². The number of carbonyl (C=O) groups is 1. The Kier molecular flexibility index (Phi) is 4.48. The maximum Gasteiger partial charge on any atom is 0.308 e. The van der Waals surface area contributed by atoms with Crippen molar-refractivity contribution in [3.63, 3.8) is 0 Å². The van der Waals surface area contributed by atoms with E-state index in [0.717, 1.165) is 12.8 Å². The zero-order valence-corrected chi connectivity index (χ0v) is 11.5. The van der Waals surface area contributed by atoms with Crippen molar-refractivity contribution in [2.24, 2.45) is 5.92 Å². The van der Waals surface area contributed by atoms with Crippen molar-refractivity contribution in [1.82, 2.24) is 0 Å². The molecule has 2 nitrogen and oxygen atoms in total. The van der Waals surface area contributed by atoms with Crippen molar-refractivity contribution in [3.8, 4) is 0 Å². The molecule has 0 aromatic heterocycles. The second kappa shape index (κ2) is 5.67. The van der Waals surface area contributed by atoms with E-state index in [1.807, 2.05) is 6.92 Å². The highest BCUT2D eigenvalue weighted by atomic mass is 32.2. The Hall–Kier alpha value is 0.170. The molecule has 0 atom stereocenters. The molecule has 92 valence electrons. The third-order valence-corrected chi connectivity index (χ3v) is 6.95. The smallest absolute Gasteiger partial charge is 0.308 e. The van der Waals surface area contributed by atoms with Gasteiger partial charge in [0, 0.05) is 0 Å². The number of esters is 1. The van der Waals surface area contributed by atoms with E-state index >= 15 is 0 Å². The van der Waals surface area contributed by atoms with Gasteiger partial charge in [-0.1, -0.05) is 0 Å². The summed E-state index contributed by atoms with van der Waals surface area (Å²) in [5.41, 5.74) is 0. The average molecular weight is 260 g/mol. The Morgan fingerprint density at radius 2 is 1.94 bits per heavy atom. The van der Waals surface area contributed by atoms with Gasteiger partial charge < -0.3 is 4.74 Å². The molecule has 16 heavy (non-hydrogen) atoms. The summed E-state index contributed by atoms with van der Waals surface area (Å²) in [4.78, 5) is 11.6. The standard InChI is InChI=1S/C12H20O2S2/c1-2-14-11(13)10-4-6-12(7-5-10)15-8-3-9-16-12/h10H,2-9H2,1H3. The Bertz CT molecular complexity index is 239. The minimum absolute atomic E-state index is 0.0307. The molecule has 1 spiro atoms. The van der Waals surface area contributed by atoms with Gasteiger partial charge >= 0.3 is 5.97 Å². The van der Waals surface area contributed by atoms with Crippen LogP contribution < -0.4 is 0 Å². The molecule has 0 aromatic carbocycles. The molecule has 0 unspecified atom stereocenters. The summed E-state index contributed by atoms with van der Waals surface area (Å²) in [7, 11) is 0. The zero-order chi connectivity index (χ0) is 11.4. The van der Waals surface area contributed by atoms with Crippen LogP contribution in [0.15, 0.2) is 0 Å². The first-order valence-corrected chi connectivity index (χ1v) is 8.17. The van der Waals surface area contributed by atoms with Gasteiger partial charge in [-0.3, -0.25) is 4.79 Å². The molecular weight excluding hydrogens is 240 g/mol. The van der Waals surface area contributed by atoms with Gasteiger partial charge in [0.2, 0.25) is 0 Å². The zero-order valence-electron chi connectivity index (χ0n) is 9.87. The topological polar surface area (TPSA) is 26.3 Å². The molecule has 1 saturated carbocycles. The second-order valence-corrected chi connectivity index (χ2v) is 7.70. The molecule has 2 rings (SSSR count). The first-order chi connectivity index (χ1) is 7.76. The number of hydrogen-bond acceptors (Lipinski definition) is 4. The van der Waals surface area contributed by atoms with Gasteiger partial charge in [0.15, 0.2) is 0 Å². The first kappa shape index (κ1) is 12.6.